The van der Waals surface area contributed by atoms with Crippen LogP contribution in [-0.4, -0.2) is 18.8 Å². The fraction of sp³-hybridized carbons (Fsp3) is 0.250. The second kappa shape index (κ2) is 4.56. The van der Waals surface area contributed by atoms with Crippen LogP contribution in [-0.2, 0) is 4.74 Å². The second-order valence-corrected chi connectivity index (χ2v) is 2.65. The maximum Gasteiger partial charge on any atom is 0.327 e. The normalized spacial score (nSPS) is 10.0. The maximum absolute atomic E-state index is 13.1. The molecular weight excluding hydrogens is 207 g/mol. The number of ether oxygens (including phenoxy) is 2. The summed E-state index contributed by atoms with van der Waals surface area (Å²) in [5.41, 5.74) is 4.26. The molecule has 0 aliphatic carbocycles. The Labute approximate surface area is 84.5 Å². The molecule has 0 bridgehead atoms. The van der Waals surface area contributed by atoms with E-state index in [-0.39, 0.29) is 18.2 Å². The van der Waals surface area contributed by atoms with Crippen molar-refractivity contribution in [3.8, 4) is 5.75 Å². The third-order valence-corrected chi connectivity index (χ3v) is 1.59. The number of anilines is 1. The van der Waals surface area contributed by atoms with Gasteiger partial charge in [0.25, 0.3) is 0 Å². The van der Waals surface area contributed by atoms with Gasteiger partial charge in [0.2, 0.25) is 5.82 Å². The topological polar surface area (TPSA) is 87.6 Å². The van der Waals surface area contributed by atoms with Crippen LogP contribution in [0.2, 0.25) is 0 Å². The number of nitro benzene ring substituents is 1. The molecule has 0 saturated carbocycles. The van der Waals surface area contributed by atoms with E-state index in [0.717, 1.165) is 6.07 Å². The van der Waals surface area contributed by atoms with Gasteiger partial charge in [-0.2, -0.15) is 4.39 Å². The zero-order chi connectivity index (χ0) is 11.4. The lowest BCUT2D eigenvalue weighted by atomic mass is 10.2. The van der Waals surface area contributed by atoms with Crippen LogP contribution in [0.25, 0.3) is 0 Å². The Morgan fingerprint density at radius 2 is 2.27 bits per heavy atom. The summed E-state index contributed by atoms with van der Waals surface area (Å²) < 4.78 is 22.6. The molecule has 15 heavy (non-hydrogen) atoms. The molecule has 0 aromatic heterocycles. The molecule has 0 aliphatic heterocycles. The minimum atomic E-state index is -1.04. The van der Waals surface area contributed by atoms with E-state index in [0.29, 0.717) is 0 Å². The summed E-state index contributed by atoms with van der Waals surface area (Å²) in [6, 6.07) is 2.05. The molecule has 0 atom stereocenters. The van der Waals surface area contributed by atoms with Crippen molar-refractivity contribution in [1.29, 1.82) is 0 Å². The standard InChI is InChI=1S/C8H9FN2O4/c1-14-4-15-5-2-6(9)8(11(12)13)7(10)3-5/h2-3H,4,10H2,1H3. The molecule has 0 fully saturated rings. The van der Waals surface area contributed by atoms with Crippen molar-refractivity contribution in [2.24, 2.45) is 0 Å². The lowest BCUT2D eigenvalue weighted by Gasteiger charge is -2.06. The minimum Gasteiger partial charge on any atom is -0.467 e. The highest BCUT2D eigenvalue weighted by Gasteiger charge is 2.20. The van der Waals surface area contributed by atoms with Gasteiger partial charge in [-0.25, -0.2) is 0 Å². The Morgan fingerprint density at radius 3 is 2.73 bits per heavy atom. The van der Waals surface area contributed by atoms with Gasteiger partial charge in [0, 0.05) is 19.2 Å². The Bertz CT molecular complexity index is 360. The van der Waals surface area contributed by atoms with Crippen molar-refractivity contribution < 1.29 is 18.8 Å². The molecule has 0 saturated heterocycles. The number of halogens is 1. The lowest BCUT2D eigenvalue weighted by molar-refractivity contribution is -0.386. The van der Waals surface area contributed by atoms with Crippen LogP contribution in [0, 0.1) is 15.9 Å². The van der Waals surface area contributed by atoms with E-state index in [9.17, 15) is 14.5 Å². The van der Waals surface area contributed by atoms with Crippen molar-refractivity contribution in [1.82, 2.24) is 0 Å². The molecule has 1 aromatic carbocycles. The number of hydrogen-bond acceptors (Lipinski definition) is 5. The highest BCUT2D eigenvalue weighted by atomic mass is 19.1. The predicted molar refractivity (Wildman–Crippen MR) is 50.0 cm³/mol. The summed E-state index contributed by atoms with van der Waals surface area (Å²) >= 11 is 0. The van der Waals surface area contributed by atoms with Crippen LogP contribution in [0.5, 0.6) is 5.75 Å². The average Bonchev–Trinajstić information content (AvgIpc) is 2.12. The SMILES string of the molecule is COCOc1cc(N)c([N+](=O)[O-])c(F)c1. The first kappa shape index (κ1) is 11.2. The Kier molecular flexibility index (Phi) is 3.40. The molecule has 1 aromatic rings. The monoisotopic (exact) mass is 216 g/mol. The Balaban J connectivity index is 3.03. The van der Waals surface area contributed by atoms with Gasteiger partial charge in [-0.15, -0.1) is 0 Å². The first-order chi connectivity index (χ1) is 7.06. The highest BCUT2D eigenvalue weighted by Crippen LogP contribution is 2.29. The van der Waals surface area contributed by atoms with E-state index in [1.165, 1.54) is 13.2 Å². The summed E-state index contributed by atoms with van der Waals surface area (Å²) in [7, 11) is 1.39. The molecular formula is C8H9FN2O4. The molecule has 0 radical (unpaired) electrons. The minimum absolute atomic E-state index is 0.0810. The average molecular weight is 216 g/mol. The second-order valence-electron chi connectivity index (χ2n) is 2.65. The van der Waals surface area contributed by atoms with Crippen molar-refractivity contribution in [3.05, 3.63) is 28.1 Å². The molecule has 0 amide bonds. The van der Waals surface area contributed by atoms with Crippen LogP contribution in [0.4, 0.5) is 15.8 Å². The molecule has 6 nitrogen and oxygen atoms in total. The number of nitrogens with two attached hydrogens (primary N) is 1. The summed E-state index contributed by atoms with van der Waals surface area (Å²) in [6.07, 6.45) is 0. The van der Waals surface area contributed by atoms with E-state index in [1.807, 2.05) is 0 Å². The van der Waals surface area contributed by atoms with E-state index in [1.54, 1.807) is 0 Å². The fourth-order valence-corrected chi connectivity index (χ4v) is 0.997. The molecule has 0 unspecified atom stereocenters. The molecule has 1 rings (SSSR count). The van der Waals surface area contributed by atoms with Crippen LogP contribution in [0.3, 0.4) is 0 Å². The van der Waals surface area contributed by atoms with E-state index in [2.05, 4.69) is 4.74 Å². The van der Waals surface area contributed by atoms with E-state index >= 15 is 0 Å². The Morgan fingerprint density at radius 1 is 1.60 bits per heavy atom. The quantitative estimate of drug-likeness (QED) is 0.354. The van der Waals surface area contributed by atoms with Crippen LogP contribution >= 0.6 is 0 Å². The Hall–Kier alpha value is -1.89. The number of benzene rings is 1. The highest BCUT2D eigenvalue weighted by molar-refractivity contribution is 5.61. The molecule has 0 aliphatic rings. The lowest BCUT2D eigenvalue weighted by Crippen LogP contribution is -2.03. The predicted octanol–water partition coefficient (Wildman–Crippen LogP) is 1.30. The molecule has 0 heterocycles. The number of nitrogen functional groups attached to an aromatic ring is 1. The summed E-state index contributed by atoms with van der Waals surface area (Å²) in [5, 5.41) is 10.4. The largest absolute Gasteiger partial charge is 0.467 e. The number of methoxy groups -OCH3 is 1. The first-order valence-electron chi connectivity index (χ1n) is 3.91. The van der Waals surface area contributed by atoms with Gasteiger partial charge in [0.05, 0.1) is 4.92 Å². The van der Waals surface area contributed by atoms with Crippen LogP contribution in [0.15, 0.2) is 12.1 Å². The van der Waals surface area contributed by atoms with Crippen molar-refractivity contribution in [2.45, 2.75) is 0 Å². The van der Waals surface area contributed by atoms with Gasteiger partial charge >= 0.3 is 5.69 Å². The third-order valence-electron chi connectivity index (χ3n) is 1.59. The number of nitro groups is 1. The zero-order valence-corrected chi connectivity index (χ0v) is 7.90. The fourth-order valence-electron chi connectivity index (χ4n) is 0.997. The third kappa shape index (κ3) is 2.53. The maximum atomic E-state index is 13.1. The van der Waals surface area contributed by atoms with Gasteiger partial charge in [-0.05, 0) is 0 Å². The number of rotatable bonds is 4. The number of nitrogens with zero attached hydrogens (tertiary/aromatic N) is 1. The van der Waals surface area contributed by atoms with Gasteiger partial charge in [0.15, 0.2) is 6.79 Å². The summed E-state index contributed by atoms with van der Waals surface area (Å²) in [6.45, 7) is -0.0866. The van der Waals surface area contributed by atoms with E-state index in [4.69, 9.17) is 10.5 Å². The van der Waals surface area contributed by atoms with Gasteiger partial charge in [-0.1, -0.05) is 0 Å². The smallest absolute Gasteiger partial charge is 0.327 e. The first-order valence-corrected chi connectivity index (χ1v) is 3.91. The van der Waals surface area contributed by atoms with E-state index < -0.39 is 16.4 Å². The van der Waals surface area contributed by atoms with Crippen molar-refractivity contribution in [2.75, 3.05) is 19.6 Å². The van der Waals surface area contributed by atoms with Crippen molar-refractivity contribution in [3.63, 3.8) is 0 Å². The zero-order valence-electron chi connectivity index (χ0n) is 7.90. The molecule has 82 valence electrons. The summed E-state index contributed by atoms with van der Waals surface area (Å²) in [5.74, 6) is -0.955. The molecule has 0 spiro atoms. The summed E-state index contributed by atoms with van der Waals surface area (Å²) in [4.78, 5) is 9.50. The van der Waals surface area contributed by atoms with Gasteiger partial charge < -0.3 is 15.2 Å². The number of hydrogen-bond donors (Lipinski definition) is 1. The molecule has 7 heteroatoms. The van der Waals surface area contributed by atoms with Crippen LogP contribution in [0.1, 0.15) is 0 Å². The molecule has 2 N–H and O–H groups in total. The van der Waals surface area contributed by atoms with Crippen molar-refractivity contribution >= 4 is 11.4 Å². The van der Waals surface area contributed by atoms with Gasteiger partial charge in [-0.3, -0.25) is 10.1 Å². The van der Waals surface area contributed by atoms with Gasteiger partial charge in [0.1, 0.15) is 11.4 Å². The van der Waals surface area contributed by atoms with Crippen LogP contribution < -0.4 is 10.5 Å².